The molecule has 0 aliphatic heterocycles. The monoisotopic (exact) mass is 387 g/mol. The highest BCUT2D eigenvalue weighted by Gasteiger charge is 2.14. The molecule has 0 radical (unpaired) electrons. The standard InChI is InChI=1S/C19H18BrNO3/c1-12-4-9-16(10-13(12)2)21-17(19(23)24-3)11-18(22)14-5-7-15(20)8-6-14/h4-11,21H,1-3H3/b17-11-. The van der Waals surface area contributed by atoms with Crippen molar-refractivity contribution in [3.05, 3.63) is 75.4 Å². The van der Waals surface area contributed by atoms with Crippen molar-refractivity contribution in [1.29, 1.82) is 0 Å². The Labute approximate surface area is 149 Å². The van der Waals surface area contributed by atoms with Crippen LogP contribution in [0, 0.1) is 13.8 Å². The molecule has 2 aromatic carbocycles. The van der Waals surface area contributed by atoms with E-state index in [9.17, 15) is 9.59 Å². The number of benzene rings is 2. The number of esters is 1. The lowest BCUT2D eigenvalue weighted by atomic mass is 10.1. The lowest BCUT2D eigenvalue weighted by Crippen LogP contribution is -2.15. The first-order chi connectivity index (χ1) is 11.4. The van der Waals surface area contributed by atoms with Crippen molar-refractivity contribution < 1.29 is 14.3 Å². The quantitative estimate of drug-likeness (QED) is 0.468. The summed E-state index contributed by atoms with van der Waals surface area (Å²) in [5, 5.41) is 2.97. The molecule has 0 aromatic heterocycles. The summed E-state index contributed by atoms with van der Waals surface area (Å²) in [6.07, 6.45) is 1.25. The molecule has 0 fully saturated rings. The summed E-state index contributed by atoms with van der Waals surface area (Å²) in [4.78, 5) is 24.3. The Balaban J connectivity index is 2.30. The van der Waals surface area contributed by atoms with Crippen molar-refractivity contribution in [2.45, 2.75) is 13.8 Å². The molecular weight excluding hydrogens is 370 g/mol. The van der Waals surface area contributed by atoms with Crippen LogP contribution in [0.25, 0.3) is 0 Å². The largest absolute Gasteiger partial charge is 0.464 e. The molecule has 0 amide bonds. The third-order valence-corrected chi connectivity index (χ3v) is 4.12. The molecule has 24 heavy (non-hydrogen) atoms. The van der Waals surface area contributed by atoms with Crippen LogP contribution in [0.15, 0.2) is 58.7 Å². The van der Waals surface area contributed by atoms with Crippen LogP contribution in [0.2, 0.25) is 0 Å². The van der Waals surface area contributed by atoms with Gasteiger partial charge in [0.2, 0.25) is 0 Å². The molecule has 0 heterocycles. The Morgan fingerprint density at radius 2 is 1.71 bits per heavy atom. The Morgan fingerprint density at radius 1 is 1.04 bits per heavy atom. The average molecular weight is 388 g/mol. The molecular formula is C19H18BrNO3. The highest BCUT2D eigenvalue weighted by Crippen LogP contribution is 2.17. The second kappa shape index (κ2) is 7.93. The molecule has 1 N–H and O–H groups in total. The van der Waals surface area contributed by atoms with Crippen molar-refractivity contribution in [3.8, 4) is 0 Å². The number of nitrogens with one attached hydrogen (secondary N) is 1. The van der Waals surface area contributed by atoms with Crippen LogP contribution in [0.5, 0.6) is 0 Å². The Morgan fingerprint density at radius 3 is 2.29 bits per heavy atom. The van der Waals surface area contributed by atoms with E-state index in [1.807, 2.05) is 32.0 Å². The van der Waals surface area contributed by atoms with Gasteiger partial charge in [0, 0.05) is 21.8 Å². The van der Waals surface area contributed by atoms with E-state index in [0.717, 1.165) is 21.3 Å². The molecule has 0 atom stereocenters. The third kappa shape index (κ3) is 4.55. The predicted octanol–water partition coefficient (Wildman–Crippen LogP) is 4.42. The Kier molecular flexibility index (Phi) is 5.93. The minimum absolute atomic E-state index is 0.0914. The number of halogens is 1. The number of aryl methyl sites for hydroxylation is 2. The molecule has 0 unspecified atom stereocenters. The van der Waals surface area contributed by atoms with Crippen LogP contribution < -0.4 is 5.32 Å². The van der Waals surface area contributed by atoms with Gasteiger partial charge in [-0.05, 0) is 61.4 Å². The molecule has 124 valence electrons. The molecule has 0 aliphatic rings. The van der Waals surface area contributed by atoms with Crippen molar-refractivity contribution in [1.82, 2.24) is 0 Å². The summed E-state index contributed by atoms with van der Waals surface area (Å²) < 4.78 is 5.64. The lowest BCUT2D eigenvalue weighted by Gasteiger charge is -2.11. The number of allylic oxidation sites excluding steroid dienone is 1. The van der Waals surface area contributed by atoms with Crippen LogP contribution in [-0.2, 0) is 9.53 Å². The zero-order chi connectivity index (χ0) is 17.7. The summed E-state index contributed by atoms with van der Waals surface area (Å²) in [7, 11) is 1.28. The number of ether oxygens (including phenoxy) is 1. The molecule has 5 heteroatoms. The molecule has 0 saturated carbocycles. The van der Waals surface area contributed by atoms with Crippen LogP contribution in [0.3, 0.4) is 0 Å². The number of carbonyl (C=O) groups is 2. The summed E-state index contributed by atoms with van der Waals surface area (Å²) in [6.45, 7) is 3.99. The summed E-state index contributed by atoms with van der Waals surface area (Å²) >= 11 is 3.32. The topological polar surface area (TPSA) is 55.4 Å². The molecule has 0 spiro atoms. The Hall–Kier alpha value is -2.40. The fourth-order valence-corrected chi connectivity index (χ4v) is 2.32. The maximum atomic E-state index is 12.4. The number of methoxy groups -OCH3 is 1. The van der Waals surface area contributed by atoms with E-state index in [4.69, 9.17) is 4.74 Å². The first kappa shape index (κ1) is 17.9. The normalized spacial score (nSPS) is 11.1. The van der Waals surface area contributed by atoms with Gasteiger partial charge in [-0.2, -0.15) is 0 Å². The summed E-state index contributed by atoms with van der Waals surface area (Å²) in [6, 6.07) is 12.6. The Bertz CT molecular complexity index is 795. The van der Waals surface area contributed by atoms with Gasteiger partial charge in [0.15, 0.2) is 5.78 Å². The maximum Gasteiger partial charge on any atom is 0.354 e. The van der Waals surface area contributed by atoms with E-state index in [1.165, 1.54) is 13.2 Å². The zero-order valence-corrected chi connectivity index (χ0v) is 15.3. The second-order valence-corrected chi connectivity index (χ2v) is 6.26. The fraction of sp³-hybridized carbons (Fsp3) is 0.158. The van der Waals surface area contributed by atoms with Gasteiger partial charge in [-0.1, -0.05) is 22.0 Å². The zero-order valence-electron chi connectivity index (χ0n) is 13.7. The van der Waals surface area contributed by atoms with Gasteiger partial charge >= 0.3 is 5.97 Å². The molecule has 0 aliphatic carbocycles. The number of ketones is 1. The van der Waals surface area contributed by atoms with Gasteiger partial charge in [-0.25, -0.2) is 4.79 Å². The molecule has 0 saturated heterocycles. The smallest absolute Gasteiger partial charge is 0.354 e. The molecule has 0 bridgehead atoms. The highest BCUT2D eigenvalue weighted by molar-refractivity contribution is 9.10. The third-order valence-electron chi connectivity index (χ3n) is 3.60. The number of hydrogen-bond acceptors (Lipinski definition) is 4. The van der Waals surface area contributed by atoms with Gasteiger partial charge in [0.25, 0.3) is 0 Å². The van der Waals surface area contributed by atoms with Crippen molar-refractivity contribution >= 4 is 33.4 Å². The first-order valence-electron chi connectivity index (χ1n) is 7.35. The van der Waals surface area contributed by atoms with Gasteiger partial charge in [-0.15, -0.1) is 0 Å². The van der Waals surface area contributed by atoms with E-state index in [-0.39, 0.29) is 11.5 Å². The summed E-state index contributed by atoms with van der Waals surface area (Å²) in [5.41, 5.74) is 3.53. The van der Waals surface area contributed by atoms with E-state index in [2.05, 4.69) is 21.2 Å². The molecule has 2 aromatic rings. The van der Waals surface area contributed by atoms with Crippen molar-refractivity contribution in [3.63, 3.8) is 0 Å². The van der Waals surface area contributed by atoms with Gasteiger partial charge in [0.1, 0.15) is 5.70 Å². The number of hydrogen-bond donors (Lipinski definition) is 1. The highest BCUT2D eigenvalue weighted by atomic mass is 79.9. The van der Waals surface area contributed by atoms with Gasteiger partial charge in [0.05, 0.1) is 7.11 Å². The van der Waals surface area contributed by atoms with Gasteiger partial charge < -0.3 is 10.1 Å². The number of anilines is 1. The van der Waals surface area contributed by atoms with E-state index in [1.54, 1.807) is 24.3 Å². The number of rotatable bonds is 5. The SMILES string of the molecule is COC(=O)/C(=C/C(=O)c1ccc(Br)cc1)Nc1ccc(C)c(C)c1. The first-order valence-corrected chi connectivity index (χ1v) is 8.14. The fourth-order valence-electron chi connectivity index (χ4n) is 2.06. The van der Waals surface area contributed by atoms with Crippen LogP contribution >= 0.6 is 15.9 Å². The molecule has 4 nitrogen and oxygen atoms in total. The molecule has 2 rings (SSSR count). The van der Waals surface area contributed by atoms with Crippen molar-refractivity contribution in [2.24, 2.45) is 0 Å². The van der Waals surface area contributed by atoms with Crippen LogP contribution in [0.1, 0.15) is 21.5 Å². The van der Waals surface area contributed by atoms with Gasteiger partial charge in [-0.3, -0.25) is 4.79 Å². The minimum atomic E-state index is -0.598. The van der Waals surface area contributed by atoms with Crippen LogP contribution in [-0.4, -0.2) is 18.9 Å². The second-order valence-electron chi connectivity index (χ2n) is 5.34. The average Bonchev–Trinajstić information content (AvgIpc) is 2.57. The van der Waals surface area contributed by atoms with Crippen molar-refractivity contribution in [2.75, 3.05) is 12.4 Å². The maximum absolute atomic E-state index is 12.4. The number of carbonyl (C=O) groups excluding carboxylic acids is 2. The minimum Gasteiger partial charge on any atom is -0.464 e. The van der Waals surface area contributed by atoms with Crippen LogP contribution in [0.4, 0.5) is 5.69 Å². The predicted molar refractivity (Wildman–Crippen MR) is 98.1 cm³/mol. The van der Waals surface area contributed by atoms with E-state index < -0.39 is 5.97 Å². The van der Waals surface area contributed by atoms with E-state index >= 15 is 0 Å². The lowest BCUT2D eigenvalue weighted by molar-refractivity contribution is -0.135. The summed E-state index contributed by atoms with van der Waals surface area (Å²) in [5.74, 6) is -0.877. The van der Waals surface area contributed by atoms with E-state index in [0.29, 0.717) is 5.56 Å².